The van der Waals surface area contributed by atoms with Crippen LogP contribution in [0.4, 0.5) is 0 Å². The molecule has 0 aromatic carbocycles. The van der Waals surface area contributed by atoms with Crippen molar-refractivity contribution in [1.29, 1.82) is 0 Å². The molecule has 0 aliphatic carbocycles. The molecule has 1 fully saturated rings. The molecule has 1 saturated heterocycles. The quantitative estimate of drug-likeness (QED) is 0.764. The predicted octanol–water partition coefficient (Wildman–Crippen LogP) is 1.91. The molecule has 1 aromatic rings. The van der Waals surface area contributed by atoms with E-state index in [1.54, 1.807) is 0 Å². The number of aryl methyl sites for hydroxylation is 2. The molecule has 1 N–H and O–H groups in total. The minimum Gasteiger partial charge on any atom is -0.335 e. The van der Waals surface area contributed by atoms with Crippen molar-refractivity contribution in [3.63, 3.8) is 0 Å². The van der Waals surface area contributed by atoms with Gasteiger partial charge in [0.25, 0.3) is 0 Å². The Labute approximate surface area is 117 Å². The third-order valence-electron chi connectivity index (χ3n) is 4.08. The maximum atomic E-state index is 4.36. The van der Waals surface area contributed by atoms with Gasteiger partial charge in [-0.05, 0) is 38.9 Å². The van der Waals surface area contributed by atoms with Crippen molar-refractivity contribution in [2.24, 2.45) is 0 Å². The summed E-state index contributed by atoms with van der Waals surface area (Å²) in [5.74, 6) is 1.20. The Morgan fingerprint density at radius 1 is 1.42 bits per heavy atom. The zero-order chi connectivity index (χ0) is 13.5. The molecule has 0 bridgehead atoms. The zero-order valence-corrected chi connectivity index (χ0v) is 12.4. The second kappa shape index (κ2) is 7.65. The lowest BCUT2D eigenvalue weighted by molar-refractivity contribution is 0.199. The third-order valence-corrected chi connectivity index (χ3v) is 4.08. The molecule has 0 radical (unpaired) electrons. The summed E-state index contributed by atoms with van der Waals surface area (Å²) in [7, 11) is 0. The molecule has 1 aromatic heterocycles. The van der Waals surface area contributed by atoms with Crippen LogP contribution in [0, 0.1) is 0 Å². The number of rotatable bonds is 7. The van der Waals surface area contributed by atoms with E-state index in [2.05, 4.69) is 39.8 Å². The minimum absolute atomic E-state index is 0.696. The number of imidazole rings is 1. The van der Waals surface area contributed by atoms with Gasteiger partial charge in [0.2, 0.25) is 0 Å². The Morgan fingerprint density at radius 3 is 3.11 bits per heavy atom. The molecule has 1 atom stereocenters. The molecule has 108 valence electrons. The SMILES string of the molecule is CCc1nccn1CCCN[C@H]1CCCN(CC)C1. The molecule has 2 heterocycles. The van der Waals surface area contributed by atoms with Crippen LogP contribution in [-0.2, 0) is 13.0 Å². The maximum absolute atomic E-state index is 4.36. The van der Waals surface area contributed by atoms with Crippen LogP contribution in [0.2, 0.25) is 0 Å². The summed E-state index contributed by atoms with van der Waals surface area (Å²) < 4.78 is 2.28. The Bertz CT molecular complexity index is 361. The Hall–Kier alpha value is -0.870. The van der Waals surface area contributed by atoms with Gasteiger partial charge in [0.05, 0.1) is 0 Å². The highest BCUT2D eigenvalue weighted by Gasteiger charge is 2.17. The molecule has 0 saturated carbocycles. The van der Waals surface area contributed by atoms with Crippen molar-refractivity contribution in [2.75, 3.05) is 26.2 Å². The molecular formula is C15H28N4. The van der Waals surface area contributed by atoms with Crippen LogP contribution in [0.3, 0.4) is 0 Å². The molecule has 4 heteroatoms. The molecule has 19 heavy (non-hydrogen) atoms. The van der Waals surface area contributed by atoms with Crippen LogP contribution in [0.5, 0.6) is 0 Å². The number of aromatic nitrogens is 2. The van der Waals surface area contributed by atoms with Gasteiger partial charge in [0.1, 0.15) is 5.82 Å². The van der Waals surface area contributed by atoms with Crippen molar-refractivity contribution in [3.05, 3.63) is 18.2 Å². The van der Waals surface area contributed by atoms with Gasteiger partial charge in [0, 0.05) is 37.9 Å². The molecule has 4 nitrogen and oxygen atoms in total. The Morgan fingerprint density at radius 2 is 2.32 bits per heavy atom. The van der Waals surface area contributed by atoms with E-state index in [9.17, 15) is 0 Å². The van der Waals surface area contributed by atoms with Crippen LogP contribution < -0.4 is 5.32 Å². The fourth-order valence-corrected chi connectivity index (χ4v) is 2.92. The first-order valence-corrected chi connectivity index (χ1v) is 7.79. The summed E-state index contributed by atoms with van der Waals surface area (Å²) in [5, 5.41) is 3.71. The van der Waals surface area contributed by atoms with Gasteiger partial charge >= 0.3 is 0 Å². The lowest BCUT2D eigenvalue weighted by Crippen LogP contribution is -2.45. The van der Waals surface area contributed by atoms with Gasteiger partial charge in [-0.1, -0.05) is 13.8 Å². The summed E-state index contributed by atoms with van der Waals surface area (Å²) in [6, 6.07) is 0.696. The number of hydrogen-bond acceptors (Lipinski definition) is 3. The van der Waals surface area contributed by atoms with Gasteiger partial charge in [0.15, 0.2) is 0 Å². The van der Waals surface area contributed by atoms with Crippen molar-refractivity contribution in [2.45, 2.75) is 52.1 Å². The van der Waals surface area contributed by atoms with Crippen molar-refractivity contribution in [1.82, 2.24) is 19.8 Å². The van der Waals surface area contributed by atoms with E-state index >= 15 is 0 Å². The molecule has 0 spiro atoms. The topological polar surface area (TPSA) is 33.1 Å². The monoisotopic (exact) mass is 264 g/mol. The summed E-state index contributed by atoms with van der Waals surface area (Å²) in [5.41, 5.74) is 0. The lowest BCUT2D eigenvalue weighted by Gasteiger charge is -2.32. The molecule has 1 aliphatic rings. The van der Waals surface area contributed by atoms with Gasteiger partial charge in [-0.25, -0.2) is 4.98 Å². The molecular weight excluding hydrogens is 236 g/mol. The van der Waals surface area contributed by atoms with E-state index in [4.69, 9.17) is 0 Å². The average molecular weight is 264 g/mol. The van der Waals surface area contributed by atoms with E-state index < -0.39 is 0 Å². The van der Waals surface area contributed by atoms with Gasteiger partial charge in [-0.15, -0.1) is 0 Å². The predicted molar refractivity (Wildman–Crippen MR) is 79.4 cm³/mol. The first-order chi connectivity index (χ1) is 9.33. The second-order valence-corrected chi connectivity index (χ2v) is 5.43. The zero-order valence-electron chi connectivity index (χ0n) is 12.4. The van der Waals surface area contributed by atoms with Crippen molar-refractivity contribution >= 4 is 0 Å². The summed E-state index contributed by atoms with van der Waals surface area (Å²) in [6.45, 7) is 10.3. The lowest BCUT2D eigenvalue weighted by atomic mass is 10.1. The van der Waals surface area contributed by atoms with E-state index in [0.717, 1.165) is 19.5 Å². The highest BCUT2D eigenvalue weighted by atomic mass is 15.2. The first kappa shape index (κ1) is 14.5. The second-order valence-electron chi connectivity index (χ2n) is 5.43. The number of piperidine rings is 1. The first-order valence-electron chi connectivity index (χ1n) is 7.79. The summed E-state index contributed by atoms with van der Waals surface area (Å²) in [4.78, 5) is 6.91. The van der Waals surface area contributed by atoms with Gasteiger partial charge in [-0.3, -0.25) is 0 Å². The van der Waals surface area contributed by atoms with Crippen LogP contribution in [0.25, 0.3) is 0 Å². The van der Waals surface area contributed by atoms with Crippen LogP contribution in [0.15, 0.2) is 12.4 Å². The number of hydrogen-bond donors (Lipinski definition) is 1. The smallest absolute Gasteiger partial charge is 0.108 e. The third kappa shape index (κ3) is 4.32. The summed E-state index contributed by atoms with van der Waals surface area (Å²) in [6.07, 6.45) is 8.89. The van der Waals surface area contributed by atoms with Crippen LogP contribution in [-0.4, -0.2) is 46.7 Å². The van der Waals surface area contributed by atoms with Gasteiger partial charge < -0.3 is 14.8 Å². The highest BCUT2D eigenvalue weighted by Crippen LogP contribution is 2.09. The average Bonchev–Trinajstić information content (AvgIpc) is 2.91. The van der Waals surface area contributed by atoms with E-state index in [1.807, 2.05) is 6.20 Å². The molecule has 0 amide bonds. The minimum atomic E-state index is 0.696. The number of likely N-dealkylation sites (N-methyl/N-ethyl adjacent to an activating group) is 1. The van der Waals surface area contributed by atoms with Crippen molar-refractivity contribution < 1.29 is 0 Å². The normalized spacial score (nSPS) is 20.8. The van der Waals surface area contributed by atoms with E-state index in [0.29, 0.717) is 6.04 Å². The maximum Gasteiger partial charge on any atom is 0.108 e. The van der Waals surface area contributed by atoms with Crippen LogP contribution >= 0.6 is 0 Å². The van der Waals surface area contributed by atoms with E-state index in [-0.39, 0.29) is 0 Å². The fraction of sp³-hybridized carbons (Fsp3) is 0.800. The Balaban J connectivity index is 1.64. The summed E-state index contributed by atoms with van der Waals surface area (Å²) >= 11 is 0. The highest BCUT2D eigenvalue weighted by molar-refractivity contribution is 4.91. The molecule has 0 unspecified atom stereocenters. The fourth-order valence-electron chi connectivity index (χ4n) is 2.92. The Kier molecular flexibility index (Phi) is 5.86. The number of nitrogens with one attached hydrogen (secondary N) is 1. The standard InChI is InChI=1S/C15H28N4/c1-3-15-17-9-12-19(15)11-6-8-16-14-7-5-10-18(4-2)13-14/h9,12,14,16H,3-8,10-11,13H2,1-2H3/t14-/m0/s1. The largest absolute Gasteiger partial charge is 0.335 e. The van der Waals surface area contributed by atoms with Crippen molar-refractivity contribution in [3.8, 4) is 0 Å². The van der Waals surface area contributed by atoms with Gasteiger partial charge in [-0.2, -0.15) is 0 Å². The molecule has 1 aliphatic heterocycles. The molecule has 2 rings (SSSR count). The van der Waals surface area contributed by atoms with Crippen LogP contribution in [0.1, 0.15) is 38.9 Å². The number of likely N-dealkylation sites (tertiary alicyclic amines) is 1. The number of nitrogens with zero attached hydrogens (tertiary/aromatic N) is 3. The van der Waals surface area contributed by atoms with E-state index in [1.165, 1.54) is 44.7 Å².